The van der Waals surface area contributed by atoms with Gasteiger partial charge in [0.1, 0.15) is 0 Å². The SMILES string of the molecule is CCN(CCS)C(=O)CC(O)OC. The molecule has 0 bridgehead atoms. The highest BCUT2D eigenvalue weighted by molar-refractivity contribution is 7.80. The normalized spacial score (nSPS) is 12.6. The lowest BCUT2D eigenvalue weighted by Crippen LogP contribution is -2.35. The molecule has 5 heteroatoms. The average Bonchev–Trinajstić information content (AvgIpc) is 2.13. The summed E-state index contributed by atoms with van der Waals surface area (Å²) in [5, 5.41) is 9.05. The van der Waals surface area contributed by atoms with Crippen LogP contribution in [0.2, 0.25) is 0 Å². The highest BCUT2D eigenvalue weighted by atomic mass is 32.1. The zero-order valence-electron chi connectivity index (χ0n) is 8.06. The largest absolute Gasteiger partial charge is 0.367 e. The van der Waals surface area contributed by atoms with Crippen molar-refractivity contribution in [3.8, 4) is 0 Å². The lowest BCUT2D eigenvalue weighted by atomic mass is 10.3. The van der Waals surface area contributed by atoms with Crippen molar-refractivity contribution in [1.82, 2.24) is 4.90 Å². The summed E-state index contributed by atoms with van der Waals surface area (Å²) in [5.41, 5.74) is 0. The molecular weight excluding hydrogens is 190 g/mol. The molecule has 0 rings (SSSR count). The molecule has 1 unspecified atom stereocenters. The minimum Gasteiger partial charge on any atom is -0.367 e. The molecule has 0 aromatic heterocycles. The Bertz CT molecular complexity index is 154. The Labute approximate surface area is 84.3 Å². The number of carbonyl (C=O) groups is 1. The molecule has 1 atom stereocenters. The third kappa shape index (κ3) is 5.13. The summed E-state index contributed by atoms with van der Waals surface area (Å²) in [6, 6.07) is 0. The van der Waals surface area contributed by atoms with Crippen LogP contribution in [0.25, 0.3) is 0 Å². The Morgan fingerprint density at radius 3 is 2.69 bits per heavy atom. The first-order valence-corrected chi connectivity index (χ1v) is 4.88. The van der Waals surface area contributed by atoms with Gasteiger partial charge in [0.15, 0.2) is 6.29 Å². The van der Waals surface area contributed by atoms with Crippen LogP contribution in [-0.2, 0) is 9.53 Å². The number of hydrogen-bond donors (Lipinski definition) is 2. The molecule has 0 aromatic rings. The molecule has 0 aromatic carbocycles. The van der Waals surface area contributed by atoms with Crippen LogP contribution in [0.4, 0.5) is 0 Å². The van der Waals surface area contributed by atoms with Gasteiger partial charge in [-0.2, -0.15) is 12.6 Å². The molecule has 0 fully saturated rings. The van der Waals surface area contributed by atoms with Gasteiger partial charge in [-0.1, -0.05) is 0 Å². The second-order valence-electron chi connectivity index (χ2n) is 2.59. The van der Waals surface area contributed by atoms with Crippen LogP contribution >= 0.6 is 12.6 Å². The maximum Gasteiger partial charge on any atom is 0.227 e. The molecule has 0 spiro atoms. The van der Waals surface area contributed by atoms with Crippen LogP contribution in [0, 0.1) is 0 Å². The molecule has 1 amide bonds. The number of amides is 1. The van der Waals surface area contributed by atoms with Gasteiger partial charge in [0.2, 0.25) is 5.91 Å². The summed E-state index contributed by atoms with van der Waals surface area (Å²) in [6.45, 7) is 3.13. The summed E-state index contributed by atoms with van der Waals surface area (Å²) in [4.78, 5) is 13.0. The third-order valence-corrected chi connectivity index (χ3v) is 1.93. The first kappa shape index (κ1) is 12.7. The standard InChI is InChI=1S/C8H17NO3S/c1-3-9(4-5-13)7(10)6-8(11)12-2/h8,11,13H,3-6H2,1-2H3. The highest BCUT2D eigenvalue weighted by Gasteiger charge is 2.14. The Balaban J connectivity index is 3.90. The maximum absolute atomic E-state index is 11.4. The van der Waals surface area contributed by atoms with Gasteiger partial charge in [-0.05, 0) is 6.92 Å². The molecule has 4 nitrogen and oxygen atoms in total. The van der Waals surface area contributed by atoms with Gasteiger partial charge in [-0.15, -0.1) is 0 Å². The van der Waals surface area contributed by atoms with E-state index < -0.39 is 6.29 Å². The second-order valence-corrected chi connectivity index (χ2v) is 3.04. The van der Waals surface area contributed by atoms with Crippen molar-refractivity contribution in [3.05, 3.63) is 0 Å². The Hall–Kier alpha value is -0.260. The lowest BCUT2D eigenvalue weighted by Gasteiger charge is -2.20. The zero-order valence-corrected chi connectivity index (χ0v) is 8.96. The molecule has 0 aliphatic rings. The van der Waals surface area contributed by atoms with Crippen molar-refractivity contribution in [2.45, 2.75) is 19.6 Å². The zero-order chi connectivity index (χ0) is 10.3. The van der Waals surface area contributed by atoms with E-state index in [2.05, 4.69) is 17.4 Å². The van der Waals surface area contributed by atoms with Crippen molar-refractivity contribution in [2.75, 3.05) is 26.0 Å². The number of aliphatic hydroxyl groups is 1. The van der Waals surface area contributed by atoms with Crippen molar-refractivity contribution < 1.29 is 14.6 Å². The monoisotopic (exact) mass is 207 g/mol. The number of nitrogens with zero attached hydrogens (tertiary/aromatic N) is 1. The quantitative estimate of drug-likeness (QED) is 0.480. The minimum absolute atomic E-state index is 0.0120. The average molecular weight is 207 g/mol. The predicted molar refractivity (Wildman–Crippen MR) is 53.7 cm³/mol. The van der Waals surface area contributed by atoms with Crippen LogP contribution < -0.4 is 0 Å². The molecular formula is C8H17NO3S. The third-order valence-electron chi connectivity index (χ3n) is 1.73. The Morgan fingerprint density at radius 1 is 1.69 bits per heavy atom. The number of ether oxygens (including phenoxy) is 1. The maximum atomic E-state index is 11.4. The summed E-state index contributed by atoms with van der Waals surface area (Å²) in [5.74, 6) is 0.522. The lowest BCUT2D eigenvalue weighted by molar-refractivity contribution is -0.142. The van der Waals surface area contributed by atoms with E-state index in [0.29, 0.717) is 18.8 Å². The van der Waals surface area contributed by atoms with E-state index in [0.717, 1.165) is 0 Å². The summed E-state index contributed by atoms with van der Waals surface area (Å²) in [6.07, 6.45) is -0.987. The van der Waals surface area contributed by atoms with Gasteiger partial charge in [0.05, 0.1) is 6.42 Å². The Morgan fingerprint density at radius 2 is 2.31 bits per heavy atom. The van der Waals surface area contributed by atoms with Crippen molar-refractivity contribution in [2.24, 2.45) is 0 Å². The molecule has 0 saturated carbocycles. The van der Waals surface area contributed by atoms with E-state index >= 15 is 0 Å². The number of thiol groups is 1. The van der Waals surface area contributed by atoms with Crippen LogP contribution in [0.3, 0.4) is 0 Å². The topological polar surface area (TPSA) is 49.8 Å². The molecule has 0 radical (unpaired) electrons. The van der Waals surface area contributed by atoms with Crippen LogP contribution in [0.1, 0.15) is 13.3 Å². The molecule has 0 saturated heterocycles. The van der Waals surface area contributed by atoms with Gasteiger partial charge >= 0.3 is 0 Å². The van der Waals surface area contributed by atoms with E-state index in [1.807, 2.05) is 6.92 Å². The Kier molecular flexibility index (Phi) is 7.03. The van der Waals surface area contributed by atoms with Crippen molar-refractivity contribution in [1.29, 1.82) is 0 Å². The van der Waals surface area contributed by atoms with Gasteiger partial charge < -0.3 is 14.7 Å². The number of carbonyl (C=O) groups excluding carboxylic acids is 1. The molecule has 0 aliphatic heterocycles. The number of methoxy groups -OCH3 is 1. The van der Waals surface area contributed by atoms with E-state index in [1.165, 1.54) is 7.11 Å². The van der Waals surface area contributed by atoms with E-state index in [1.54, 1.807) is 4.90 Å². The summed E-state index contributed by atoms with van der Waals surface area (Å²) < 4.78 is 4.58. The molecule has 13 heavy (non-hydrogen) atoms. The molecule has 1 N–H and O–H groups in total. The smallest absolute Gasteiger partial charge is 0.227 e. The highest BCUT2D eigenvalue weighted by Crippen LogP contribution is 1.99. The first-order chi connectivity index (χ1) is 6.15. The minimum atomic E-state index is -0.999. The van der Waals surface area contributed by atoms with E-state index in [4.69, 9.17) is 5.11 Å². The van der Waals surface area contributed by atoms with Gasteiger partial charge in [-0.3, -0.25) is 4.79 Å². The number of hydrogen-bond acceptors (Lipinski definition) is 4. The van der Waals surface area contributed by atoms with Gasteiger partial charge in [-0.25, -0.2) is 0 Å². The summed E-state index contributed by atoms with van der Waals surface area (Å²) in [7, 11) is 1.37. The number of rotatable bonds is 6. The van der Waals surface area contributed by atoms with Crippen LogP contribution in [0.15, 0.2) is 0 Å². The van der Waals surface area contributed by atoms with Crippen molar-refractivity contribution in [3.63, 3.8) is 0 Å². The molecule has 0 heterocycles. The van der Waals surface area contributed by atoms with Crippen LogP contribution in [0.5, 0.6) is 0 Å². The van der Waals surface area contributed by atoms with Gasteiger partial charge in [0.25, 0.3) is 0 Å². The fourth-order valence-corrected chi connectivity index (χ4v) is 1.18. The molecule has 78 valence electrons. The second kappa shape index (κ2) is 7.17. The molecule has 0 aliphatic carbocycles. The van der Waals surface area contributed by atoms with Gasteiger partial charge in [0, 0.05) is 26.0 Å². The predicted octanol–water partition coefficient (Wildman–Crippen LogP) is 0.120. The fourth-order valence-electron chi connectivity index (χ4n) is 0.942. The van der Waals surface area contributed by atoms with E-state index in [9.17, 15) is 4.79 Å². The van der Waals surface area contributed by atoms with Crippen molar-refractivity contribution >= 4 is 18.5 Å². The number of aliphatic hydroxyl groups excluding tert-OH is 1. The van der Waals surface area contributed by atoms with Crippen LogP contribution in [-0.4, -0.2) is 48.2 Å². The fraction of sp³-hybridized carbons (Fsp3) is 0.875. The first-order valence-electron chi connectivity index (χ1n) is 4.25. The summed E-state index contributed by atoms with van der Waals surface area (Å²) >= 11 is 4.03. The van der Waals surface area contributed by atoms with E-state index in [-0.39, 0.29) is 12.3 Å².